The highest BCUT2D eigenvalue weighted by molar-refractivity contribution is 9.18. The van der Waals surface area contributed by atoms with E-state index in [4.69, 9.17) is 22.5 Å². The van der Waals surface area contributed by atoms with Crippen molar-refractivity contribution < 1.29 is 0 Å². The Morgan fingerprint density at radius 1 is 0.357 bits per heavy atom. The van der Waals surface area contributed by atoms with Gasteiger partial charge in [0, 0.05) is 14.6 Å². The van der Waals surface area contributed by atoms with E-state index in [-0.39, 0.29) is 32.5 Å². The van der Waals surface area contributed by atoms with E-state index in [2.05, 4.69) is 149 Å². The molecule has 0 amide bonds. The lowest BCUT2D eigenvalue weighted by atomic mass is 9.75. The summed E-state index contributed by atoms with van der Waals surface area (Å²) in [6, 6.07) is 10.0. The Labute approximate surface area is 274 Å². The summed E-state index contributed by atoms with van der Waals surface area (Å²) in [5, 5.41) is 3.06. The molecule has 0 N–H and O–H groups in total. The van der Waals surface area contributed by atoms with Crippen LogP contribution in [-0.4, -0.2) is 0 Å². The number of hydrogen-bond acceptors (Lipinski definition) is 0. The lowest BCUT2D eigenvalue weighted by Crippen LogP contribution is -2.33. The second-order valence-electron chi connectivity index (χ2n) is 18.4. The van der Waals surface area contributed by atoms with Crippen LogP contribution in [0.3, 0.4) is 0 Å². The van der Waals surface area contributed by atoms with Crippen LogP contribution in [0.5, 0.6) is 0 Å². The third-order valence-corrected chi connectivity index (χ3v) is 44.6. The molecule has 2 aromatic rings. The van der Waals surface area contributed by atoms with Crippen molar-refractivity contribution in [3.8, 4) is 0 Å². The van der Waals surface area contributed by atoms with Gasteiger partial charge in [-0.3, -0.25) is 0 Å². The molecular formula is C36H58Cl2P4. The quantitative estimate of drug-likeness (QED) is 0.276. The Morgan fingerprint density at radius 3 is 0.690 bits per heavy atom. The minimum absolute atomic E-state index is 0.0128. The monoisotopic (exact) mass is 684 g/mol. The van der Waals surface area contributed by atoms with E-state index >= 15 is 0 Å². The highest BCUT2D eigenvalue weighted by Crippen LogP contribution is 3.22. The zero-order valence-electron chi connectivity index (χ0n) is 29.9. The minimum Gasteiger partial charge on any atom is -0.0847 e. The largest absolute Gasteiger partial charge is 0.0847 e. The number of halogens is 2. The predicted molar refractivity (Wildman–Crippen MR) is 204 cm³/mol. The molecule has 0 nitrogen and oxygen atoms in total. The van der Waals surface area contributed by atoms with E-state index in [0.29, 0.717) is 0 Å². The van der Waals surface area contributed by atoms with Crippen molar-refractivity contribution in [1.29, 1.82) is 0 Å². The molecule has 1 aliphatic heterocycles. The Kier molecular flexibility index (Phi) is 10.4. The molecule has 1 heterocycles. The summed E-state index contributed by atoms with van der Waals surface area (Å²) in [5.41, 5.74) is 8.92. The van der Waals surface area contributed by atoms with Gasteiger partial charge in [-0.2, -0.15) is 0 Å². The zero-order valence-corrected chi connectivity index (χ0v) is 34.9. The van der Waals surface area contributed by atoms with Gasteiger partial charge in [-0.15, -0.1) is 0 Å². The predicted octanol–water partition coefficient (Wildman–Crippen LogP) is 14.3. The van der Waals surface area contributed by atoms with Gasteiger partial charge in [-0.25, -0.2) is 0 Å². The molecule has 42 heavy (non-hydrogen) atoms. The first-order valence-corrected chi connectivity index (χ1v) is 25.4. The molecule has 1 aliphatic rings. The number of benzene rings is 2. The molecule has 0 spiro atoms. The normalized spacial score (nSPS) is 22.8. The topological polar surface area (TPSA) is 0 Å². The maximum Gasteiger partial charge on any atom is 0.0602 e. The fraction of sp³-hybridized carbons (Fsp3) is 0.667. The van der Waals surface area contributed by atoms with Crippen molar-refractivity contribution in [2.75, 3.05) is 0 Å². The van der Waals surface area contributed by atoms with E-state index in [1.54, 1.807) is 0 Å². The van der Waals surface area contributed by atoms with E-state index in [1.165, 1.54) is 44.0 Å². The van der Waals surface area contributed by atoms with E-state index in [0.717, 1.165) is 0 Å². The Hall–Kier alpha value is 0.740. The first-order valence-electron chi connectivity index (χ1n) is 15.4. The summed E-state index contributed by atoms with van der Waals surface area (Å²) in [5.74, 6) is 0. The van der Waals surface area contributed by atoms with Crippen molar-refractivity contribution in [2.45, 2.75) is 157 Å². The summed E-state index contributed by atoms with van der Waals surface area (Å²) in [4.78, 5) is 0. The van der Waals surface area contributed by atoms with Crippen LogP contribution >= 0.6 is 50.4 Å². The Morgan fingerprint density at radius 2 is 0.548 bits per heavy atom. The SMILES string of the molecule is CC(C)(C)c1cc(C(C)(C)C)c(P2P(Cl)P(c3c(C(C)(C)C)cc(C(C)(C)C)cc3C(C)(C)C)P2Cl)c(C(C)(C)C)c1. The van der Waals surface area contributed by atoms with Gasteiger partial charge in [0.1, 0.15) is 0 Å². The molecule has 2 aromatic carbocycles. The van der Waals surface area contributed by atoms with E-state index in [1.807, 2.05) is 0 Å². The number of hydrogen-bond donors (Lipinski definition) is 0. The summed E-state index contributed by atoms with van der Waals surface area (Å²) >= 11 is 15.7. The summed E-state index contributed by atoms with van der Waals surface area (Å²) in [6.07, 6.45) is 0. The molecule has 0 saturated carbocycles. The van der Waals surface area contributed by atoms with Crippen LogP contribution in [0.1, 0.15) is 158 Å². The van der Waals surface area contributed by atoms with Crippen LogP contribution in [0.2, 0.25) is 0 Å². The van der Waals surface area contributed by atoms with E-state index in [9.17, 15) is 0 Å². The molecule has 236 valence electrons. The molecule has 6 heteroatoms. The Bertz CT molecular complexity index is 1140. The van der Waals surface area contributed by atoms with Crippen molar-refractivity contribution in [3.63, 3.8) is 0 Å². The maximum absolute atomic E-state index is 7.85. The molecule has 0 aliphatic carbocycles. The van der Waals surface area contributed by atoms with Gasteiger partial charge in [0.25, 0.3) is 0 Å². The lowest BCUT2D eigenvalue weighted by molar-refractivity contribution is 0.553. The third kappa shape index (κ3) is 7.48. The smallest absolute Gasteiger partial charge is 0.0602 e. The summed E-state index contributed by atoms with van der Waals surface area (Å²) in [6.45, 7) is 40.9. The van der Waals surface area contributed by atoms with Gasteiger partial charge in [-0.1, -0.05) is 171 Å². The standard InChI is InChI=1S/C36H58Cl2P4/c1-31(2,3)23-19-25(33(7,8)9)29(26(20-23)34(10,11)12)39-41(37)40(42(39)38)30-27(35(13,14)15)21-24(32(4,5)6)22-28(30)36(16,17)18/h19-22H,1-18H3. The van der Waals surface area contributed by atoms with Gasteiger partial charge in [-0.05, 0) is 76.5 Å². The average Bonchev–Trinajstić information content (AvgIpc) is 2.74. The third-order valence-electron chi connectivity index (χ3n) is 8.21. The van der Waals surface area contributed by atoms with Gasteiger partial charge in [0.2, 0.25) is 0 Å². The van der Waals surface area contributed by atoms with Crippen molar-refractivity contribution in [3.05, 3.63) is 57.6 Å². The average molecular weight is 686 g/mol. The first kappa shape index (κ1) is 37.2. The molecule has 0 radical (unpaired) electrons. The van der Waals surface area contributed by atoms with Crippen LogP contribution < -0.4 is 10.6 Å². The first-order chi connectivity index (χ1) is 18.5. The van der Waals surface area contributed by atoms with Crippen LogP contribution in [-0.2, 0) is 32.5 Å². The van der Waals surface area contributed by atoms with Crippen LogP contribution in [0.25, 0.3) is 0 Å². The summed E-state index contributed by atoms with van der Waals surface area (Å²) in [7, 11) is -1.27. The molecule has 1 saturated heterocycles. The fourth-order valence-electron chi connectivity index (χ4n) is 5.43. The van der Waals surface area contributed by atoms with Crippen LogP contribution in [0.15, 0.2) is 24.3 Å². The highest BCUT2D eigenvalue weighted by atomic mass is 35.7. The van der Waals surface area contributed by atoms with Crippen LogP contribution in [0, 0.1) is 0 Å². The second-order valence-corrected chi connectivity index (χ2v) is 39.7. The molecule has 0 bridgehead atoms. The lowest BCUT2D eigenvalue weighted by Gasteiger charge is -2.51. The molecule has 3 rings (SSSR count). The molecule has 0 aromatic heterocycles. The highest BCUT2D eigenvalue weighted by Gasteiger charge is 2.55. The molecule has 0 atom stereocenters. The molecule has 0 unspecified atom stereocenters. The van der Waals surface area contributed by atoms with Gasteiger partial charge < -0.3 is 0 Å². The number of rotatable bonds is 2. The van der Waals surface area contributed by atoms with E-state index < -0.39 is 27.9 Å². The van der Waals surface area contributed by atoms with Gasteiger partial charge in [0.15, 0.2) is 0 Å². The van der Waals surface area contributed by atoms with Gasteiger partial charge in [0.05, 0.1) is 13.3 Å². The summed E-state index contributed by atoms with van der Waals surface area (Å²) < 4.78 is 0. The maximum atomic E-state index is 7.85. The van der Waals surface area contributed by atoms with Crippen molar-refractivity contribution in [1.82, 2.24) is 0 Å². The van der Waals surface area contributed by atoms with Crippen molar-refractivity contribution >= 4 is 61.0 Å². The van der Waals surface area contributed by atoms with Gasteiger partial charge >= 0.3 is 0 Å². The zero-order chi connectivity index (χ0) is 32.8. The molecular weight excluding hydrogens is 627 g/mol. The fourth-order valence-corrected chi connectivity index (χ4v) is 50.6. The Balaban J connectivity index is 2.37. The minimum atomic E-state index is -0.767. The van der Waals surface area contributed by atoms with Crippen molar-refractivity contribution in [2.24, 2.45) is 0 Å². The van der Waals surface area contributed by atoms with Crippen LogP contribution in [0.4, 0.5) is 0 Å². The second kappa shape index (κ2) is 11.8. The molecule has 1 fully saturated rings.